The van der Waals surface area contributed by atoms with Crippen molar-refractivity contribution in [2.75, 3.05) is 11.9 Å². The third kappa shape index (κ3) is 3.03. The van der Waals surface area contributed by atoms with Crippen LogP contribution in [0, 0.1) is 11.3 Å². The third-order valence-electron chi connectivity index (χ3n) is 1.45. The van der Waals surface area contributed by atoms with Gasteiger partial charge in [-0.3, -0.25) is 0 Å². The first kappa shape index (κ1) is 9.86. The van der Waals surface area contributed by atoms with Crippen LogP contribution in [-0.4, -0.2) is 17.7 Å². The van der Waals surface area contributed by atoms with E-state index in [0.717, 1.165) is 0 Å². The lowest BCUT2D eigenvalue weighted by Crippen LogP contribution is -2.28. The van der Waals surface area contributed by atoms with Gasteiger partial charge in [-0.1, -0.05) is 0 Å². The molecule has 2 amide bonds. The SMILES string of the molecule is N#CCNC(=O)Nc1ccc(O)cc1. The van der Waals surface area contributed by atoms with Gasteiger partial charge in [-0.2, -0.15) is 5.26 Å². The van der Waals surface area contributed by atoms with Crippen LogP contribution in [0.2, 0.25) is 0 Å². The molecule has 1 aromatic rings. The number of benzene rings is 1. The molecule has 0 aliphatic rings. The van der Waals surface area contributed by atoms with Crippen molar-refractivity contribution >= 4 is 11.7 Å². The normalized spacial score (nSPS) is 8.79. The predicted molar refractivity (Wildman–Crippen MR) is 50.7 cm³/mol. The number of anilines is 1. The van der Waals surface area contributed by atoms with Crippen molar-refractivity contribution in [1.82, 2.24) is 5.32 Å². The Hall–Kier alpha value is -2.22. The zero-order valence-electron chi connectivity index (χ0n) is 7.32. The van der Waals surface area contributed by atoms with Gasteiger partial charge in [0.2, 0.25) is 0 Å². The molecule has 0 aliphatic carbocycles. The Morgan fingerprint density at radius 2 is 2.07 bits per heavy atom. The molecular formula is C9H9N3O2. The summed E-state index contributed by atoms with van der Waals surface area (Å²) < 4.78 is 0. The highest BCUT2D eigenvalue weighted by Crippen LogP contribution is 2.13. The van der Waals surface area contributed by atoms with Crippen LogP contribution in [0.15, 0.2) is 24.3 Å². The second-order valence-corrected chi connectivity index (χ2v) is 2.51. The van der Waals surface area contributed by atoms with Crippen molar-refractivity contribution in [2.45, 2.75) is 0 Å². The molecule has 0 fully saturated rings. The van der Waals surface area contributed by atoms with Crippen molar-refractivity contribution in [3.05, 3.63) is 24.3 Å². The fraction of sp³-hybridized carbons (Fsp3) is 0.111. The second kappa shape index (κ2) is 4.72. The first-order valence-corrected chi connectivity index (χ1v) is 3.93. The number of hydrogen-bond acceptors (Lipinski definition) is 3. The molecule has 0 bridgehead atoms. The Morgan fingerprint density at radius 1 is 1.43 bits per heavy atom. The summed E-state index contributed by atoms with van der Waals surface area (Å²) >= 11 is 0. The number of carbonyl (C=O) groups is 1. The van der Waals surface area contributed by atoms with E-state index >= 15 is 0 Å². The topological polar surface area (TPSA) is 85.2 Å². The summed E-state index contributed by atoms with van der Waals surface area (Å²) in [5.41, 5.74) is 0.554. The van der Waals surface area contributed by atoms with E-state index in [-0.39, 0.29) is 12.3 Å². The van der Waals surface area contributed by atoms with Crippen LogP contribution in [0.25, 0.3) is 0 Å². The van der Waals surface area contributed by atoms with Crippen molar-refractivity contribution in [2.24, 2.45) is 0 Å². The Balaban J connectivity index is 2.49. The highest BCUT2D eigenvalue weighted by Gasteiger charge is 1.99. The molecule has 0 radical (unpaired) electrons. The van der Waals surface area contributed by atoms with E-state index in [2.05, 4.69) is 10.6 Å². The Morgan fingerprint density at radius 3 is 2.64 bits per heavy atom. The minimum atomic E-state index is -0.447. The molecule has 0 spiro atoms. The number of phenolic OH excluding ortho intramolecular Hbond substituents is 1. The lowest BCUT2D eigenvalue weighted by Gasteiger charge is -2.04. The van der Waals surface area contributed by atoms with E-state index in [1.165, 1.54) is 12.1 Å². The first-order valence-electron chi connectivity index (χ1n) is 3.93. The van der Waals surface area contributed by atoms with E-state index in [1.807, 2.05) is 0 Å². The summed E-state index contributed by atoms with van der Waals surface area (Å²) in [6, 6.07) is 7.36. The lowest BCUT2D eigenvalue weighted by atomic mass is 10.3. The molecule has 0 saturated heterocycles. The molecule has 0 unspecified atom stereocenters. The molecule has 0 heterocycles. The largest absolute Gasteiger partial charge is 0.508 e. The zero-order chi connectivity index (χ0) is 10.4. The van der Waals surface area contributed by atoms with Crippen LogP contribution >= 0.6 is 0 Å². The number of nitrogens with one attached hydrogen (secondary N) is 2. The molecular weight excluding hydrogens is 182 g/mol. The van der Waals surface area contributed by atoms with E-state index in [1.54, 1.807) is 18.2 Å². The van der Waals surface area contributed by atoms with Crippen LogP contribution in [0.5, 0.6) is 5.75 Å². The van der Waals surface area contributed by atoms with Gasteiger partial charge in [0.15, 0.2) is 0 Å². The molecule has 0 aliphatic heterocycles. The predicted octanol–water partition coefficient (Wildman–Crippen LogP) is 1.04. The van der Waals surface area contributed by atoms with Crippen LogP contribution in [0.3, 0.4) is 0 Å². The summed E-state index contributed by atoms with van der Waals surface area (Å²) in [4.78, 5) is 11.0. The first-order chi connectivity index (χ1) is 6.72. The molecule has 1 rings (SSSR count). The number of aromatic hydroxyl groups is 1. The third-order valence-corrected chi connectivity index (χ3v) is 1.45. The highest BCUT2D eigenvalue weighted by atomic mass is 16.3. The molecule has 1 aromatic carbocycles. The average molecular weight is 191 g/mol. The number of urea groups is 1. The number of nitriles is 1. The minimum Gasteiger partial charge on any atom is -0.508 e. The van der Waals surface area contributed by atoms with E-state index < -0.39 is 6.03 Å². The van der Waals surface area contributed by atoms with Crippen molar-refractivity contribution in [1.29, 1.82) is 5.26 Å². The van der Waals surface area contributed by atoms with Gasteiger partial charge in [0, 0.05) is 5.69 Å². The standard InChI is InChI=1S/C9H9N3O2/c10-5-6-11-9(14)12-7-1-3-8(13)4-2-7/h1-4,13H,6H2,(H2,11,12,14). The molecule has 5 heteroatoms. The summed E-state index contributed by atoms with van der Waals surface area (Å²) in [6.07, 6.45) is 0. The van der Waals surface area contributed by atoms with Crippen LogP contribution in [0.4, 0.5) is 10.5 Å². The fourth-order valence-electron chi connectivity index (χ4n) is 0.840. The number of nitrogens with zero attached hydrogens (tertiary/aromatic N) is 1. The average Bonchev–Trinajstić information content (AvgIpc) is 2.18. The smallest absolute Gasteiger partial charge is 0.320 e. The van der Waals surface area contributed by atoms with E-state index in [4.69, 9.17) is 10.4 Å². The number of hydrogen-bond donors (Lipinski definition) is 3. The Kier molecular flexibility index (Phi) is 3.33. The van der Waals surface area contributed by atoms with E-state index in [0.29, 0.717) is 5.69 Å². The molecule has 0 saturated carbocycles. The van der Waals surface area contributed by atoms with Crippen molar-refractivity contribution in [3.8, 4) is 11.8 Å². The van der Waals surface area contributed by atoms with Crippen LogP contribution < -0.4 is 10.6 Å². The van der Waals surface area contributed by atoms with Crippen molar-refractivity contribution < 1.29 is 9.90 Å². The lowest BCUT2D eigenvalue weighted by molar-refractivity contribution is 0.253. The Labute approximate surface area is 81.0 Å². The number of amides is 2. The van der Waals surface area contributed by atoms with Gasteiger partial charge in [0.1, 0.15) is 12.3 Å². The van der Waals surface area contributed by atoms with Gasteiger partial charge in [-0.05, 0) is 24.3 Å². The molecule has 3 N–H and O–H groups in total. The minimum absolute atomic E-state index is 0.0378. The van der Waals surface area contributed by atoms with Crippen molar-refractivity contribution in [3.63, 3.8) is 0 Å². The second-order valence-electron chi connectivity index (χ2n) is 2.51. The number of carbonyl (C=O) groups excluding carboxylic acids is 1. The summed E-state index contributed by atoms with van der Waals surface area (Å²) in [7, 11) is 0. The van der Waals surface area contributed by atoms with Gasteiger partial charge in [0.25, 0.3) is 0 Å². The van der Waals surface area contributed by atoms with Gasteiger partial charge in [0.05, 0.1) is 6.07 Å². The summed E-state index contributed by atoms with van der Waals surface area (Å²) in [6.45, 7) is -0.0378. The van der Waals surface area contributed by atoms with E-state index in [9.17, 15) is 4.79 Å². The molecule has 0 atom stereocenters. The monoisotopic (exact) mass is 191 g/mol. The quantitative estimate of drug-likeness (QED) is 0.482. The highest BCUT2D eigenvalue weighted by molar-refractivity contribution is 5.89. The zero-order valence-corrected chi connectivity index (χ0v) is 7.32. The van der Waals surface area contributed by atoms with Gasteiger partial charge in [-0.25, -0.2) is 4.79 Å². The number of rotatable bonds is 2. The van der Waals surface area contributed by atoms with Gasteiger partial charge < -0.3 is 15.7 Å². The molecule has 0 aromatic heterocycles. The van der Waals surface area contributed by atoms with Crippen LogP contribution in [-0.2, 0) is 0 Å². The Bertz CT molecular complexity index is 353. The van der Waals surface area contributed by atoms with Gasteiger partial charge in [-0.15, -0.1) is 0 Å². The number of phenols is 1. The van der Waals surface area contributed by atoms with Gasteiger partial charge >= 0.3 is 6.03 Å². The molecule has 72 valence electrons. The fourth-order valence-corrected chi connectivity index (χ4v) is 0.840. The maximum atomic E-state index is 11.0. The molecule has 14 heavy (non-hydrogen) atoms. The summed E-state index contributed by atoms with van der Waals surface area (Å²) in [5.74, 6) is 0.132. The molecule has 5 nitrogen and oxygen atoms in total. The van der Waals surface area contributed by atoms with Crippen LogP contribution in [0.1, 0.15) is 0 Å². The summed E-state index contributed by atoms with van der Waals surface area (Å²) in [5, 5.41) is 22.0. The maximum Gasteiger partial charge on any atom is 0.320 e. The maximum absolute atomic E-state index is 11.0.